The molecule has 1 amide bonds. The van der Waals surface area contributed by atoms with Crippen LogP contribution < -0.4 is 5.32 Å². The van der Waals surface area contributed by atoms with Gasteiger partial charge in [0.05, 0.1) is 17.9 Å². The smallest absolute Gasteiger partial charge is 0.274 e. The van der Waals surface area contributed by atoms with E-state index in [2.05, 4.69) is 36.3 Å². The molecule has 0 saturated carbocycles. The monoisotopic (exact) mass is 284 g/mol. The summed E-state index contributed by atoms with van der Waals surface area (Å²) in [5.41, 5.74) is 1.05. The molecular formula is C12H12N8O. The van der Waals surface area contributed by atoms with Crippen molar-refractivity contribution < 1.29 is 4.79 Å². The molecule has 0 bridgehead atoms. The van der Waals surface area contributed by atoms with Crippen molar-refractivity contribution in [2.45, 2.75) is 13.0 Å². The minimum Gasteiger partial charge on any atom is -0.341 e. The molecule has 0 fully saturated rings. The van der Waals surface area contributed by atoms with E-state index in [9.17, 15) is 4.79 Å². The molecule has 0 saturated heterocycles. The number of para-hydroxylation sites is 1. The lowest BCUT2D eigenvalue weighted by Crippen LogP contribution is -2.27. The highest BCUT2D eigenvalue weighted by atomic mass is 16.2. The second kappa shape index (κ2) is 5.49. The molecule has 1 unspecified atom stereocenters. The predicted molar refractivity (Wildman–Crippen MR) is 71.4 cm³/mol. The van der Waals surface area contributed by atoms with Gasteiger partial charge in [0.25, 0.3) is 5.91 Å². The van der Waals surface area contributed by atoms with E-state index in [-0.39, 0.29) is 17.6 Å². The number of benzene rings is 1. The molecule has 1 atom stereocenters. The van der Waals surface area contributed by atoms with Gasteiger partial charge in [-0.2, -0.15) is 5.21 Å². The van der Waals surface area contributed by atoms with Gasteiger partial charge in [-0.1, -0.05) is 28.6 Å². The number of aromatic amines is 1. The van der Waals surface area contributed by atoms with Crippen LogP contribution in [0.3, 0.4) is 0 Å². The second-order valence-electron chi connectivity index (χ2n) is 4.35. The Morgan fingerprint density at radius 3 is 2.81 bits per heavy atom. The lowest BCUT2D eigenvalue weighted by Gasteiger charge is -2.07. The molecule has 9 nitrogen and oxygen atoms in total. The number of amides is 1. The first-order chi connectivity index (χ1) is 10.2. The van der Waals surface area contributed by atoms with Gasteiger partial charge in [-0.05, 0) is 19.1 Å². The summed E-state index contributed by atoms with van der Waals surface area (Å²) in [6.45, 7) is 1.75. The van der Waals surface area contributed by atoms with Crippen LogP contribution in [0, 0.1) is 0 Å². The molecule has 0 aliphatic rings. The van der Waals surface area contributed by atoms with Crippen LogP contribution in [0.15, 0.2) is 36.5 Å². The number of tetrazole rings is 1. The van der Waals surface area contributed by atoms with Gasteiger partial charge >= 0.3 is 0 Å². The van der Waals surface area contributed by atoms with Crippen molar-refractivity contribution in [2.24, 2.45) is 0 Å². The Morgan fingerprint density at radius 1 is 1.29 bits per heavy atom. The fourth-order valence-electron chi connectivity index (χ4n) is 1.76. The largest absolute Gasteiger partial charge is 0.341 e. The average Bonchev–Trinajstić information content (AvgIpc) is 3.20. The molecule has 9 heteroatoms. The van der Waals surface area contributed by atoms with Crippen LogP contribution in [0.4, 0.5) is 0 Å². The number of H-pyrrole nitrogens is 1. The molecule has 2 aromatic heterocycles. The van der Waals surface area contributed by atoms with E-state index in [4.69, 9.17) is 0 Å². The Bertz CT molecular complexity index is 721. The van der Waals surface area contributed by atoms with Crippen LogP contribution in [0.1, 0.15) is 29.3 Å². The number of hydrogen-bond acceptors (Lipinski definition) is 6. The van der Waals surface area contributed by atoms with Crippen LogP contribution in [-0.4, -0.2) is 41.5 Å². The fourth-order valence-corrected chi connectivity index (χ4v) is 1.76. The van der Waals surface area contributed by atoms with E-state index < -0.39 is 0 Å². The highest BCUT2D eigenvalue weighted by molar-refractivity contribution is 5.92. The molecule has 1 aromatic carbocycles. The number of nitrogens with one attached hydrogen (secondary N) is 2. The maximum atomic E-state index is 12.1. The van der Waals surface area contributed by atoms with E-state index in [1.165, 1.54) is 4.68 Å². The van der Waals surface area contributed by atoms with Crippen LogP contribution in [0.25, 0.3) is 5.69 Å². The zero-order valence-corrected chi connectivity index (χ0v) is 11.1. The minimum atomic E-state index is -0.377. The van der Waals surface area contributed by atoms with Gasteiger partial charge < -0.3 is 5.32 Å². The average molecular weight is 284 g/mol. The molecule has 0 radical (unpaired) electrons. The lowest BCUT2D eigenvalue weighted by molar-refractivity contribution is 0.0933. The van der Waals surface area contributed by atoms with E-state index in [0.29, 0.717) is 5.82 Å². The van der Waals surface area contributed by atoms with Gasteiger partial charge in [-0.15, -0.1) is 15.3 Å². The van der Waals surface area contributed by atoms with Crippen LogP contribution in [0.2, 0.25) is 0 Å². The summed E-state index contributed by atoms with van der Waals surface area (Å²) in [5, 5.41) is 23.9. The first-order valence-corrected chi connectivity index (χ1v) is 6.26. The Hall–Kier alpha value is -3.10. The van der Waals surface area contributed by atoms with Gasteiger partial charge in [-0.3, -0.25) is 4.79 Å². The first kappa shape index (κ1) is 12.9. The molecule has 21 heavy (non-hydrogen) atoms. The van der Waals surface area contributed by atoms with Gasteiger partial charge in [0.2, 0.25) is 0 Å². The summed E-state index contributed by atoms with van der Waals surface area (Å²) in [6.07, 6.45) is 1.56. The second-order valence-corrected chi connectivity index (χ2v) is 4.35. The van der Waals surface area contributed by atoms with Crippen molar-refractivity contribution >= 4 is 5.91 Å². The Morgan fingerprint density at radius 2 is 2.10 bits per heavy atom. The zero-order chi connectivity index (χ0) is 14.7. The third-order valence-electron chi connectivity index (χ3n) is 2.84. The third-order valence-corrected chi connectivity index (χ3v) is 2.84. The topological polar surface area (TPSA) is 114 Å². The molecule has 0 aliphatic carbocycles. The lowest BCUT2D eigenvalue weighted by atomic mass is 10.3. The molecule has 2 heterocycles. The summed E-state index contributed by atoms with van der Waals surface area (Å²) in [6, 6.07) is 9.04. The number of nitrogens with zero attached hydrogens (tertiary/aromatic N) is 6. The van der Waals surface area contributed by atoms with E-state index >= 15 is 0 Å². The Labute approximate surface area is 119 Å². The summed E-state index contributed by atoms with van der Waals surface area (Å²) >= 11 is 0. The summed E-state index contributed by atoms with van der Waals surface area (Å²) in [7, 11) is 0. The van der Waals surface area contributed by atoms with Crippen molar-refractivity contribution in [1.29, 1.82) is 0 Å². The summed E-state index contributed by atoms with van der Waals surface area (Å²) < 4.78 is 1.54. The van der Waals surface area contributed by atoms with E-state index in [1.807, 2.05) is 30.3 Å². The van der Waals surface area contributed by atoms with Gasteiger partial charge in [-0.25, -0.2) is 4.68 Å². The highest BCUT2D eigenvalue weighted by Gasteiger charge is 2.17. The van der Waals surface area contributed by atoms with Crippen molar-refractivity contribution in [3.8, 4) is 5.69 Å². The van der Waals surface area contributed by atoms with Crippen LogP contribution >= 0.6 is 0 Å². The van der Waals surface area contributed by atoms with E-state index in [0.717, 1.165) is 5.69 Å². The SMILES string of the molecule is CC(NC(=O)c1cn(-c2ccccc2)nn1)c1nn[nH]n1. The zero-order valence-electron chi connectivity index (χ0n) is 11.1. The predicted octanol–water partition coefficient (Wildman–Crippen LogP) is 0.271. The van der Waals surface area contributed by atoms with Gasteiger partial charge in [0.15, 0.2) is 11.5 Å². The highest BCUT2D eigenvalue weighted by Crippen LogP contribution is 2.08. The number of aromatic nitrogens is 7. The maximum absolute atomic E-state index is 12.1. The molecule has 3 rings (SSSR count). The Kier molecular flexibility index (Phi) is 3.37. The van der Waals surface area contributed by atoms with Crippen molar-refractivity contribution in [3.63, 3.8) is 0 Å². The van der Waals surface area contributed by atoms with Crippen LogP contribution in [0.5, 0.6) is 0 Å². The number of rotatable bonds is 4. The first-order valence-electron chi connectivity index (χ1n) is 6.26. The quantitative estimate of drug-likeness (QED) is 0.710. The third kappa shape index (κ3) is 2.76. The molecule has 2 N–H and O–H groups in total. The minimum absolute atomic E-state index is 0.217. The van der Waals surface area contributed by atoms with Crippen molar-refractivity contribution in [1.82, 2.24) is 40.9 Å². The summed E-state index contributed by atoms with van der Waals surface area (Å²) in [5.74, 6) is 0.0493. The molecule has 0 spiro atoms. The molecule has 3 aromatic rings. The van der Waals surface area contributed by atoms with Crippen LogP contribution in [-0.2, 0) is 0 Å². The summed E-state index contributed by atoms with van der Waals surface area (Å²) in [4.78, 5) is 12.1. The molecule has 0 aliphatic heterocycles. The maximum Gasteiger partial charge on any atom is 0.274 e. The number of hydrogen-bond donors (Lipinski definition) is 2. The number of carbonyl (C=O) groups is 1. The molecule has 106 valence electrons. The van der Waals surface area contributed by atoms with Gasteiger partial charge in [0, 0.05) is 0 Å². The standard InChI is InChI=1S/C12H12N8O/c1-8(11-15-17-18-16-11)13-12(21)10-7-20(19-14-10)9-5-3-2-4-6-9/h2-8H,1H3,(H,13,21)(H,15,16,17,18). The van der Waals surface area contributed by atoms with Gasteiger partial charge in [0.1, 0.15) is 0 Å². The van der Waals surface area contributed by atoms with Crippen molar-refractivity contribution in [3.05, 3.63) is 48.0 Å². The Balaban J connectivity index is 1.73. The van der Waals surface area contributed by atoms with Crippen molar-refractivity contribution in [2.75, 3.05) is 0 Å². The normalized spacial score (nSPS) is 12.0. The van der Waals surface area contributed by atoms with E-state index in [1.54, 1.807) is 13.1 Å². The fraction of sp³-hybridized carbons (Fsp3) is 0.167. The number of carbonyl (C=O) groups excluding carboxylic acids is 1. The molecular weight excluding hydrogens is 272 g/mol.